The van der Waals surface area contributed by atoms with Gasteiger partial charge < -0.3 is 18.8 Å². The van der Waals surface area contributed by atoms with Crippen LogP contribution in [0.4, 0.5) is 4.39 Å². The van der Waals surface area contributed by atoms with E-state index in [1.165, 1.54) is 6.07 Å². The number of fused-ring (bicyclic) bond motifs is 2. The summed E-state index contributed by atoms with van der Waals surface area (Å²) in [5.41, 5.74) is 5.40. The van der Waals surface area contributed by atoms with Crippen LogP contribution in [-0.2, 0) is 19.8 Å². The Morgan fingerprint density at radius 3 is 2.32 bits per heavy atom. The molecule has 1 amide bonds. The third kappa shape index (κ3) is 5.38. The van der Waals surface area contributed by atoms with Crippen LogP contribution in [0, 0.1) is 5.82 Å². The number of aromatic nitrogens is 2. The first-order valence-electron chi connectivity index (χ1n) is 14.4. The second-order valence-electron chi connectivity index (χ2n) is 10.7. The smallest absolute Gasteiger partial charge is 0.254 e. The Morgan fingerprint density at radius 2 is 1.59 bits per heavy atom. The molecule has 6 aromatic rings. The Kier molecular flexibility index (Phi) is 7.24. The number of amides is 1. The van der Waals surface area contributed by atoms with E-state index in [4.69, 9.17) is 13.9 Å². The first-order chi connectivity index (χ1) is 21.5. The summed E-state index contributed by atoms with van der Waals surface area (Å²) in [4.78, 5) is 24.5. The maximum atomic E-state index is 14.5. The van der Waals surface area contributed by atoms with Gasteiger partial charge in [0.25, 0.3) is 5.91 Å². The fraction of sp³-hybridized carbons (Fsp3) is 0.139. The van der Waals surface area contributed by atoms with E-state index in [2.05, 4.69) is 9.97 Å². The average molecular weight is 586 g/mol. The summed E-state index contributed by atoms with van der Waals surface area (Å²) in [7, 11) is 0. The zero-order valence-corrected chi connectivity index (χ0v) is 23.9. The van der Waals surface area contributed by atoms with E-state index in [9.17, 15) is 9.18 Å². The van der Waals surface area contributed by atoms with Crippen LogP contribution in [0.5, 0.6) is 11.8 Å². The number of ether oxygens (including phenoxy) is 2. The van der Waals surface area contributed by atoms with Gasteiger partial charge in [-0.2, -0.15) is 4.98 Å². The second kappa shape index (κ2) is 11.6. The lowest BCUT2D eigenvalue weighted by Crippen LogP contribution is -2.28. The fourth-order valence-corrected chi connectivity index (χ4v) is 5.48. The molecule has 0 saturated heterocycles. The number of carbonyl (C=O) groups is 1. The van der Waals surface area contributed by atoms with Crippen LogP contribution in [-0.4, -0.2) is 20.8 Å². The number of oxazole rings is 1. The molecule has 7 rings (SSSR count). The highest BCUT2D eigenvalue weighted by molar-refractivity contribution is 5.98. The number of halogens is 1. The largest absolute Gasteiger partial charge is 0.473 e. The molecule has 1 atom stereocenters. The zero-order chi connectivity index (χ0) is 30.0. The number of nitrogens with zero attached hydrogens (tertiary/aromatic N) is 3. The number of carbonyl (C=O) groups excluding carboxylic acids is 1. The van der Waals surface area contributed by atoms with Crippen LogP contribution in [0.3, 0.4) is 0 Å². The number of hydrogen-bond donors (Lipinski definition) is 0. The summed E-state index contributed by atoms with van der Waals surface area (Å²) in [5, 5.41) is 0. The standard InChI is InChI=1S/C36H28FN3O4/c1-23-33-27(13-8-14-29(33)37)20-40(23)36(41)26-15-17-30-31(19-26)44-35(38-30)28-16-18-32(42-21-24-9-4-2-5-10-24)39-34(28)43-22-25-11-6-3-7-12-25/h2-19,23H,20-22H2,1H3/t23-/m0/s1. The molecule has 218 valence electrons. The van der Waals surface area contributed by atoms with Crippen LogP contribution in [0.1, 0.15) is 45.6 Å². The third-order valence-electron chi connectivity index (χ3n) is 7.78. The Morgan fingerprint density at radius 1 is 0.864 bits per heavy atom. The van der Waals surface area contributed by atoms with Gasteiger partial charge in [-0.15, -0.1) is 0 Å². The fourth-order valence-electron chi connectivity index (χ4n) is 5.48. The lowest BCUT2D eigenvalue weighted by atomic mass is 10.1. The highest BCUT2D eigenvalue weighted by Crippen LogP contribution is 2.37. The van der Waals surface area contributed by atoms with Crippen LogP contribution in [0.25, 0.3) is 22.6 Å². The van der Waals surface area contributed by atoms with Gasteiger partial charge in [0.05, 0.1) is 11.6 Å². The van der Waals surface area contributed by atoms with E-state index >= 15 is 0 Å². The van der Waals surface area contributed by atoms with Gasteiger partial charge in [0.15, 0.2) is 5.58 Å². The Hall–Kier alpha value is -5.50. The molecule has 0 aliphatic carbocycles. The van der Waals surface area contributed by atoms with E-state index in [0.29, 0.717) is 65.2 Å². The van der Waals surface area contributed by atoms with E-state index in [1.807, 2.05) is 79.7 Å². The van der Waals surface area contributed by atoms with Gasteiger partial charge in [-0.25, -0.2) is 9.37 Å². The second-order valence-corrected chi connectivity index (χ2v) is 10.7. The van der Waals surface area contributed by atoms with Crippen molar-refractivity contribution >= 4 is 17.0 Å². The topological polar surface area (TPSA) is 77.7 Å². The molecule has 2 aromatic heterocycles. The van der Waals surface area contributed by atoms with E-state index in [0.717, 1.165) is 16.7 Å². The number of rotatable bonds is 8. The lowest BCUT2D eigenvalue weighted by molar-refractivity contribution is 0.0703. The normalized spacial score (nSPS) is 14.0. The summed E-state index contributed by atoms with van der Waals surface area (Å²) in [6, 6.07) is 32.9. The van der Waals surface area contributed by atoms with Gasteiger partial charge >= 0.3 is 0 Å². The van der Waals surface area contributed by atoms with Crippen molar-refractivity contribution in [3.63, 3.8) is 0 Å². The zero-order valence-electron chi connectivity index (χ0n) is 23.9. The van der Waals surface area contributed by atoms with Crippen molar-refractivity contribution in [2.45, 2.75) is 32.7 Å². The van der Waals surface area contributed by atoms with Gasteiger partial charge in [0.1, 0.15) is 24.5 Å². The van der Waals surface area contributed by atoms with Crippen LogP contribution in [0.15, 0.2) is 114 Å². The lowest BCUT2D eigenvalue weighted by Gasteiger charge is -2.22. The van der Waals surface area contributed by atoms with Crippen molar-refractivity contribution in [1.29, 1.82) is 0 Å². The maximum Gasteiger partial charge on any atom is 0.254 e. The molecular weight excluding hydrogens is 557 g/mol. The van der Waals surface area contributed by atoms with E-state index in [-0.39, 0.29) is 17.8 Å². The molecule has 3 heterocycles. The van der Waals surface area contributed by atoms with Gasteiger partial charge in [0.2, 0.25) is 17.7 Å². The Bertz CT molecular complexity index is 1960. The van der Waals surface area contributed by atoms with Crippen molar-refractivity contribution < 1.29 is 23.1 Å². The highest BCUT2D eigenvalue weighted by Gasteiger charge is 2.33. The van der Waals surface area contributed by atoms with Crippen LogP contribution >= 0.6 is 0 Å². The molecule has 0 fully saturated rings. The van der Waals surface area contributed by atoms with Gasteiger partial charge in [-0.05, 0) is 53.9 Å². The van der Waals surface area contributed by atoms with Gasteiger partial charge in [0, 0.05) is 23.7 Å². The molecule has 7 nitrogen and oxygen atoms in total. The third-order valence-corrected chi connectivity index (χ3v) is 7.78. The first-order valence-corrected chi connectivity index (χ1v) is 14.4. The SMILES string of the molecule is C[C@H]1c2c(F)cccc2CN1C(=O)c1ccc2nc(-c3ccc(OCc4ccccc4)nc3OCc3ccccc3)oc2c1. The monoisotopic (exact) mass is 585 g/mol. The predicted octanol–water partition coefficient (Wildman–Crippen LogP) is 7.90. The molecule has 0 N–H and O–H groups in total. The summed E-state index contributed by atoms with van der Waals surface area (Å²) >= 11 is 0. The molecule has 8 heteroatoms. The van der Waals surface area contributed by atoms with Gasteiger partial charge in [-0.1, -0.05) is 72.8 Å². The summed E-state index contributed by atoms with van der Waals surface area (Å²) < 4.78 is 32.8. The molecular formula is C36H28FN3O4. The molecule has 44 heavy (non-hydrogen) atoms. The number of hydrogen-bond acceptors (Lipinski definition) is 6. The van der Waals surface area contributed by atoms with Crippen molar-refractivity contribution in [3.8, 4) is 23.2 Å². The number of pyridine rings is 1. The van der Waals surface area contributed by atoms with Crippen molar-refractivity contribution in [2.75, 3.05) is 0 Å². The molecule has 0 saturated carbocycles. The Labute approximate surface area is 253 Å². The molecule has 0 unspecified atom stereocenters. The number of benzene rings is 4. The van der Waals surface area contributed by atoms with Gasteiger partial charge in [-0.3, -0.25) is 4.79 Å². The van der Waals surface area contributed by atoms with Crippen molar-refractivity contribution in [2.24, 2.45) is 0 Å². The quantitative estimate of drug-likeness (QED) is 0.181. The minimum Gasteiger partial charge on any atom is -0.473 e. The molecule has 0 spiro atoms. The molecule has 1 aliphatic rings. The van der Waals surface area contributed by atoms with E-state index in [1.54, 1.807) is 35.2 Å². The van der Waals surface area contributed by atoms with E-state index < -0.39 is 0 Å². The average Bonchev–Trinajstić information content (AvgIpc) is 3.64. The summed E-state index contributed by atoms with van der Waals surface area (Å²) in [6.45, 7) is 2.84. The van der Waals surface area contributed by atoms with Crippen LogP contribution < -0.4 is 9.47 Å². The minimum atomic E-state index is -0.377. The predicted molar refractivity (Wildman–Crippen MR) is 163 cm³/mol. The van der Waals surface area contributed by atoms with Crippen LogP contribution in [0.2, 0.25) is 0 Å². The summed E-state index contributed by atoms with van der Waals surface area (Å²) in [6.07, 6.45) is 0. The first kappa shape index (κ1) is 27.3. The minimum absolute atomic E-state index is 0.207. The molecule has 0 radical (unpaired) electrons. The van der Waals surface area contributed by atoms with Crippen molar-refractivity contribution in [3.05, 3.63) is 143 Å². The summed E-state index contributed by atoms with van der Waals surface area (Å²) in [5.74, 6) is 0.519. The molecule has 1 aliphatic heterocycles. The highest BCUT2D eigenvalue weighted by atomic mass is 19.1. The molecule has 0 bridgehead atoms. The maximum absolute atomic E-state index is 14.5. The van der Waals surface area contributed by atoms with Crippen molar-refractivity contribution in [1.82, 2.24) is 14.9 Å². The Balaban J connectivity index is 1.17. The molecule has 4 aromatic carbocycles.